The van der Waals surface area contributed by atoms with Gasteiger partial charge in [0.1, 0.15) is 0 Å². The van der Waals surface area contributed by atoms with E-state index in [1.165, 1.54) is 6.66 Å². The Morgan fingerprint density at radius 1 is 1.45 bits per heavy atom. The average Bonchev–Trinajstić information content (AvgIpc) is 1.78. The van der Waals surface area contributed by atoms with Crippen molar-refractivity contribution in [3.05, 3.63) is 0 Å². The predicted octanol–water partition coefficient (Wildman–Crippen LogP) is 2.01. The molecule has 64 valence electrons. The SMILES string of the molecule is CCCCCOP(C)(=O)O.[Zn]. The van der Waals surface area contributed by atoms with E-state index in [4.69, 9.17) is 4.89 Å². The molecule has 0 aromatic heterocycles. The molecule has 1 atom stereocenters. The maximum Gasteiger partial charge on any atom is 0.325 e. The minimum atomic E-state index is -3.21. The maximum absolute atomic E-state index is 10.5. The molecule has 0 radical (unpaired) electrons. The van der Waals surface area contributed by atoms with Crippen molar-refractivity contribution in [3.63, 3.8) is 0 Å². The summed E-state index contributed by atoms with van der Waals surface area (Å²) in [5, 5.41) is 0. The first-order valence-corrected chi connectivity index (χ1v) is 5.53. The zero-order chi connectivity index (χ0) is 8.04. The molecule has 0 fully saturated rings. The second-order valence-electron chi connectivity index (χ2n) is 2.34. The number of hydrogen-bond donors (Lipinski definition) is 1. The summed E-state index contributed by atoms with van der Waals surface area (Å²) in [5.41, 5.74) is 0. The Balaban J connectivity index is 0. The van der Waals surface area contributed by atoms with E-state index in [0.717, 1.165) is 19.3 Å². The molecule has 0 saturated heterocycles. The first-order valence-electron chi connectivity index (χ1n) is 3.51. The quantitative estimate of drug-likeness (QED) is 0.447. The van der Waals surface area contributed by atoms with Crippen LogP contribution in [0.15, 0.2) is 0 Å². The zero-order valence-corrected chi connectivity index (χ0v) is 11.1. The van der Waals surface area contributed by atoms with Gasteiger partial charge in [0.05, 0.1) is 6.61 Å². The number of rotatable bonds is 5. The standard InChI is InChI=1S/C6H15O3P.Zn/c1-3-4-5-6-9-10(2,7)8;/h3-6H2,1-2H3,(H,7,8);. The van der Waals surface area contributed by atoms with Gasteiger partial charge in [-0.2, -0.15) is 0 Å². The first kappa shape index (κ1) is 14.3. The maximum atomic E-state index is 10.5. The van der Waals surface area contributed by atoms with Crippen LogP contribution in [0.3, 0.4) is 0 Å². The molecule has 0 bridgehead atoms. The number of unbranched alkanes of at least 4 members (excludes halogenated alkanes) is 2. The van der Waals surface area contributed by atoms with Gasteiger partial charge in [-0.25, -0.2) is 0 Å². The normalized spacial score (nSPS) is 15.2. The minimum Gasteiger partial charge on any atom is -0.324 e. The van der Waals surface area contributed by atoms with Crippen LogP contribution >= 0.6 is 7.60 Å². The molecule has 0 rings (SSSR count). The van der Waals surface area contributed by atoms with Crippen LogP contribution in [0, 0.1) is 0 Å². The van der Waals surface area contributed by atoms with Gasteiger partial charge in [0.25, 0.3) is 0 Å². The summed E-state index contributed by atoms with van der Waals surface area (Å²) in [6.07, 6.45) is 3.03. The van der Waals surface area contributed by atoms with Gasteiger partial charge in [0.2, 0.25) is 0 Å². The van der Waals surface area contributed by atoms with Crippen LogP contribution in [-0.2, 0) is 28.6 Å². The van der Waals surface area contributed by atoms with Crippen molar-refractivity contribution in [2.24, 2.45) is 0 Å². The third-order valence-electron chi connectivity index (χ3n) is 1.08. The molecule has 0 spiro atoms. The predicted molar refractivity (Wildman–Crippen MR) is 41.2 cm³/mol. The third kappa shape index (κ3) is 13.7. The molecule has 0 amide bonds. The van der Waals surface area contributed by atoms with E-state index in [1.54, 1.807) is 0 Å². The van der Waals surface area contributed by atoms with E-state index in [2.05, 4.69) is 11.4 Å². The molecule has 5 heteroatoms. The zero-order valence-electron chi connectivity index (χ0n) is 7.25. The molecule has 3 nitrogen and oxygen atoms in total. The van der Waals surface area contributed by atoms with Gasteiger partial charge < -0.3 is 9.42 Å². The Kier molecular flexibility index (Phi) is 9.66. The van der Waals surface area contributed by atoms with Crippen LogP contribution in [0.5, 0.6) is 0 Å². The fourth-order valence-electron chi connectivity index (χ4n) is 0.586. The summed E-state index contributed by atoms with van der Waals surface area (Å²) in [4.78, 5) is 8.65. The summed E-state index contributed by atoms with van der Waals surface area (Å²) in [6.45, 7) is 3.68. The minimum absolute atomic E-state index is 0. The smallest absolute Gasteiger partial charge is 0.324 e. The van der Waals surface area contributed by atoms with Gasteiger partial charge in [-0.15, -0.1) is 0 Å². The second kappa shape index (κ2) is 7.42. The van der Waals surface area contributed by atoms with Crippen molar-refractivity contribution in [1.29, 1.82) is 0 Å². The van der Waals surface area contributed by atoms with Crippen molar-refractivity contribution >= 4 is 7.60 Å². The topological polar surface area (TPSA) is 46.5 Å². The van der Waals surface area contributed by atoms with Crippen molar-refractivity contribution in [2.45, 2.75) is 26.2 Å². The molecule has 0 aromatic carbocycles. The van der Waals surface area contributed by atoms with E-state index in [1.807, 2.05) is 0 Å². The van der Waals surface area contributed by atoms with E-state index < -0.39 is 7.60 Å². The van der Waals surface area contributed by atoms with Gasteiger partial charge in [-0.3, -0.25) is 4.57 Å². The Bertz CT molecular complexity index is 123. The van der Waals surface area contributed by atoms with Crippen molar-refractivity contribution in [1.82, 2.24) is 0 Å². The van der Waals surface area contributed by atoms with E-state index >= 15 is 0 Å². The molecule has 0 heterocycles. The molecule has 0 aliphatic rings. The Morgan fingerprint density at radius 2 is 2.00 bits per heavy atom. The van der Waals surface area contributed by atoms with Crippen molar-refractivity contribution < 1.29 is 33.5 Å². The molecule has 1 unspecified atom stereocenters. The first-order chi connectivity index (χ1) is 4.56. The fourth-order valence-corrected chi connectivity index (χ4v) is 1.05. The van der Waals surface area contributed by atoms with Crippen molar-refractivity contribution in [3.8, 4) is 0 Å². The van der Waals surface area contributed by atoms with Crippen LogP contribution in [0.2, 0.25) is 0 Å². The van der Waals surface area contributed by atoms with Crippen LogP contribution in [0.1, 0.15) is 26.2 Å². The average molecular weight is 232 g/mol. The van der Waals surface area contributed by atoms with Gasteiger partial charge in [-0.05, 0) is 6.42 Å². The summed E-state index contributed by atoms with van der Waals surface area (Å²) in [6, 6.07) is 0. The van der Waals surface area contributed by atoms with Crippen molar-refractivity contribution in [2.75, 3.05) is 13.3 Å². The molecular weight excluding hydrogens is 216 g/mol. The third-order valence-corrected chi connectivity index (χ3v) is 1.74. The van der Waals surface area contributed by atoms with Gasteiger partial charge in [0, 0.05) is 26.1 Å². The van der Waals surface area contributed by atoms with Crippen LogP contribution in [-0.4, -0.2) is 18.2 Å². The summed E-state index contributed by atoms with van der Waals surface area (Å²) in [5.74, 6) is 0. The molecule has 11 heavy (non-hydrogen) atoms. The number of hydrogen-bond acceptors (Lipinski definition) is 2. The Morgan fingerprint density at radius 3 is 2.36 bits per heavy atom. The van der Waals surface area contributed by atoms with Gasteiger partial charge in [0.15, 0.2) is 0 Å². The Hall–Kier alpha value is 0.773. The van der Waals surface area contributed by atoms with E-state index in [-0.39, 0.29) is 19.5 Å². The summed E-state index contributed by atoms with van der Waals surface area (Å²) < 4.78 is 15.2. The molecule has 1 N–H and O–H groups in total. The van der Waals surface area contributed by atoms with Gasteiger partial charge in [-0.1, -0.05) is 19.8 Å². The Labute approximate surface area is 80.8 Å². The fraction of sp³-hybridized carbons (Fsp3) is 1.00. The van der Waals surface area contributed by atoms with Gasteiger partial charge >= 0.3 is 7.60 Å². The van der Waals surface area contributed by atoms with Crippen LogP contribution in [0.25, 0.3) is 0 Å². The van der Waals surface area contributed by atoms with E-state index in [0.29, 0.717) is 6.61 Å². The van der Waals surface area contributed by atoms with Crippen LogP contribution in [0.4, 0.5) is 0 Å². The largest absolute Gasteiger partial charge is 0.325 e. The summed E-state index contributed by atoms with van der Waals surface area (Å²) >= 11 is 0. The molecule has 0 aliphatic heterocycles. The molecule has 0 aliphatic carbocycles. The van der Waals surface area contributed by atoms with E-state index in [9.17, 15) is 4.57 Å². The second-order valence-corrected chi connectivity index (χ2v) is 4.21. The molecule has 0 saturated carbocycles. The van der Waals surface area contributed by atoms with Crippen LogP contribution < -0.4 is 0 Å². The molecule has 0 aromatic rings. The summed E-state index contributed by atoms with van der Waals surface area (Å²) in [7, 11) is -3.21. The molecular formula is C6H15O3PZn. The monoisotopic (exact) mass is 230 g/mol.